The van der Waals surface area contributed by atoms with Crippen molar-refractivity contribution in [2.45, 2.75) is 45.8 Å². The number of furan rings is 1. The molecule has 1 aliphatic heterocycles. The van der Waals surface area contributed by atoms with Gasteiger partial charge in [0.15, 0.2) is 0 Å². The van der Waals surface area contributed by atoms with Gasteiger partial charge >= 0.3 is 0 Å². The molecule has 1 aromatic heterocycles. The van der Waals surface area contributed by atoms with Crippen LogP contribution in [0.5, 0.6) is 0 Å². The quantitative estimate of drug-likeness (QED) is 0.836. The number of carbonyl (C=O) groups is 1. The van der Waals surface area contributed by atoms with E-state index in [1.54, 1.807) is 6.26 Å². The highest BCUT2D eigenvalue weighted by molar-refractivity contribution is 5.81. The average molecular weight is 293 g/mol. The van der Waals surface area contributed by atoms with Gasteiger partial charge in [-0.25, -0.2) is 0 Å². The second kappa shape index (κ2) is 7.61. The van der Waals surface area contributed by atoms with Crippen molar-refractivity contribution in [3.63, 3.8) is 0 Å². The molecule has 0 radical (unpaired) electrons. The Morgan fingerprint density at radius 2 is 2.38 bits per heavy atom. The number of rotatable bonds is 6. The van der Waals surface area contributed by atoms with Crippen LogP contribution in [-0.2, 0) is 11.3 Å². The third-order valence-corrected chi connectivity index (χ3v) is 4.35. The zero-order valence-electron chi connectivity index (χ0n) is 13.3. The van der Waals surface area contributed by atoms with Crippen LogP contribution in [0.3, 0.4) is 0 Å². The first-order chi connectivity index (χ1) is 10.1. The van der Waals surface area contributed by atoms with Crippen LogP contribution in [0.25, 0.3) is 0 Å². The summed E-state index contributed by atoms with van der Waals surface area (Å²) in [6.45, 7) is 9.78. The summed E-state index contributed by atoms with van der Waals surface area (Å²) in [6, 6.07) is 4.18. The summed E-state index contributed by atoms with van der Waals surface area (Å²) < 4.78 is 5.23. The van der Waals surface area contributed by atoms with E-state index in [9.17, 15) is 4.79 Å². The van der Waals surface area contributed by atoms with Crippen molar-refractivity contribution in [3.8, 4) is 0 Å². The third-order valence-electron chi connectivity index (χ3n) is 4.35. The second-order valence-corrected chi connectivity index (χ2v) is 5.90. The van der Waals surface area contributed by atoms with Gasteiger partial charge in [0.2, 0.25) is 5.91 Å². The minimum atomic E-state index is -0.0926. The predicted molar refractivity (Wildman–Crippen MR) is 82.8 cm³/mol. The van der Waals surface area contributed by atoms with Crippen LogP contribution in [0, 0.1) is 5.92 Å². The molecular formula is C16H27N3O2. The van der Waals surface area contributed by atoms with Gasteiger partial charge in [-0.2, -0.15) is 0 Å². The van der Waals surface area contributed by atoms with E-state index in [0.717, 1.165) is 31.8 Å². The van der Waals surface area contributed by atoms with Crippen LogP contribution >= 0.6 is 0 Å². The number of nitrogens with zero attached hydrogens (tertiary/aromatic N) is 1. The van der Waals surface area contributed by atoms with Gasteiger partial charge in [0.1, 0.15) is 5.76 Å². The Hall–Kier alpha value is -1.33. The van der Waals surface area contributed by atoms with Crippen molar-refractivity contribution in [3.05, 3.63) is 24.2 Å². The van der Waals surface area contributed by atoms with E-state index in [0.29, 0.717) is 18.5 Å². The van der Waals surface area contributed by atoms with E-state index in [4.69, 9.17) is 4.42 Å². The molecule has 3 unspecified atom stereocenters. The Bertz CT molecular complexity index is 433. The van der Waals surface area contributed by atoms with Gasteiger partial charge < -0.3 is 15.1 Å². The summed E-state index contributed by atoms with van der Waals surface area (Å²) in [5, 5.41) is 6.47. The van der Waals surface area contributed by atoms with Crippen LogP contribution in [0.15, 0.2) is 22.8 Å². The molecule has 3 atom stereocenters. The van der Waals surface area contributed by atoms with Crippen LogP contribution < -0.4 is 10.6 Å². The SMILES string of the molecule is CCNC1CCN(C(C)C(=O)NCc2ccco2)CC1C. The molecule has 0 aliphatic carbocycles. The van der Waals surface area contributed by atoms with Crippen molar-refractivity contribution in [1.82, 2.24) is 15.5 Å². The maximum absolute atomic E-state index is 12.2. The fraction of sp³-hybridized carbons (Fsp3) is 0.688. The molecule has 1 saturated heterocycles. The van der Waals surface area contributed by atoms with Crippen molar-refractivity contribution < 1.29 is 9.21 Å². The number of amides is 1. The Kier molecular flexibility index (Phi) is 5.82. The van der Waals surface area contributed by atoms with Gasteiger partial charge in [0.05, 0.1) is 18.8 Å². The highest BCUT2D eigenvalue weighted by Crippen LogP contribution is 2.19. The highest BCUT2D eigenvalue weighted by Gasteiger charge is 2.30. The van der Waals surface area contributed by atoms with E-state index in [2.05, 4.69) is 29.4 Å². The Balaban J connectivity index is 1.80. The molecule has 0 spiro atoms. The monoisotopic (exact) mass is 293 g/mol. The van der Waals surface area contributed by atoms with Gasteiger partial charge in [-0.3, -0.25) is 9.69 Å². The van der Waals surface area contributed by atoms with E-state index in [1.807, 2.05) is 19.1 Å². The Labute approximate surface area is 127 Å². The standard InChI is InChI=1S/C16H27N3O2/c1-4-17-15-7-8-19(11-12(15)2)13(3)16(20)18-10-14-6-5-9-21-14/h5-6,9,12-13,15,17H,4,7-8,10-11H2,1-3H3,(H,18,20). The lowest BCUT2D eigenvalue weighted by atomic mass is 9.93. The fourth-order valence-corrected chi connectivity index (χ4v) is 3.00. The van der Waals surface area contributed by atoms with Crippen LogP contribution in [0.1, 0.15) is 33.0 Å². The predicted octanol–water partition coefficient (Wildman–Crippen LogP) is 1.60. The van der Waals surface area contributed by atoms with Crippen molar-refractivity contribution in [2.75, 3.05) is 19.6 Å². The van der Waals surface area contributed by atoms with Crippen molar-refractivity contribution in [1.29, 1.82) is 0 Å². The zero-order chi connectivity index (χ0) is 15.2. The van der Waals surface area contributed by atoms with E-state index < -0.39 is 0 Å². The maximum atomic E-state index is 12.2. The maximum Gasteiger partial charge on any atom is 0.237 e. The summed E-state index contributed by atoms with van der Waals surface area (Å²) in [7, 11) is 0. The third kappa shape index (κ3) is 4.32. The molecule has 1 amide bonds. The molecule has 1 aliphatic rings. The lowest BCUT2D eigenvalue weighted by Crippen LogP contribution is -2.54. The molecule has 118 valence electrons. The number of hydrogen-bond acceptors (Lipinski definition) is 4. The number of piperidine rings is 1. The average Bonchev–Trinajstić information content (AvgIpc) is 2.99. The summed E-state index contributed by atoms with van der Waals surface area (Å²) in [5.41, 5.74) is 0. The second-order valence-electron chi connectivity index (χ2n) is 5.90. The molecule has 0 saturated carbocycles. The molecule has 0 bridgehead atoms. The normalized spacial score (nSPS) is 24.7. The number of carbonyl (C=O) groups excluding carboxylic acids is 1. The molecule has 2 N–H and O–H groups in total. The van der Waals surface area contributed by atoms with Crippen LogP contribution in [-0.4, -0.2) is 42.5 Å². The highest BCUT2D eigenvalue weighted by atomic mass is 16.3. The lowest BCUT2D eigenvalue weighted by molar-refractivity contribution is -0.126. The number of nitrogens with one attached hydrogen (secondary N) is 2. The van der Waals surface area contributed by atoms with Gasteiger partial charge in [0, 0.05) is 19.1 Å². The van der Waals surface area contributed by atoms with Crippen LogP contribution in [0.4, 0.5) is 0 Å². The molecule has 1 fully saturated rings. The first-order valence-corrected chi connectivity index (χ1v) is 7.89. The molecule has 2 rings (SSSR count). The molecular weight excluding hydrogens is 266 g/mol. The summed E-state index contributed by atoms with van der Waals surface area (Å²) in [4.78, 5) is 14.5. The van der Waals surface area contributed by atoms with E-state index >= 15 is 0 Å². The molecule has 5 nitrogen and oxygen atoms in total. The minimum absolute atomic E-state index is 0.0699. The largest absolute Gasteiger partial charge is 0.467 e. The van der Waals surface area contributed by atoms with Gasteiger partial charge in [0.25, 0.3) is 0 Å². The Morgan fingerprint density at radius 3 is 3.00 bits per heavy atom. The van der Waals surface area contributed by atoms with Gasteiger partial charge in [-0.15, -0.1) is 0 Å². The summed E-state index contributed by atoms with van der Waals surface area (Å²) in [6.07, 6.45) is 2.73. The van der Waals surface area contributed by atoms with E-state index in [1.165, 1.54) is 0 Å². The van der Waals surface area contributed by atoms with Crippen molar-refractivity contribution >= 4 is 5.91 Å². The van der Waals surface area contributed by atoms with Crippen molar-refractivity contribution in [2.24, 2.45) is 5.92 Å². The molecule has 21 heavy (non-hydrogen) atoms. The lowest BCUT2D eigenvalue weighted by Gasteiger charge is -2.39. The van der Waals surface area contributed by atoms with Gasteiger partial charge in [-0.1, -0.05) is 13.8 Å². The Morgan fingerprint density at radius 1 is 1.57 bits per heavy atom. The first kappa shape index (κ1) is 16.0. The first-order valence-electron chi connectivity index (χ1n) is 7.89. The fourth-order valence-electron chi connectivity index (χ4n) is 3.00. The molecule has 5 heteroatoms. The smallest absolute Gasteiger partial charge is 0.237 e. The zero-order valence-corrected chi connectivity index (χ0v) is 13.3. The summed E-state index contributed by atoms with van der Waals surface area (Å²) >= 11 is 0. The minimum Gasteiger partial charge on any atom is -0.467 e. The van der Waals surface area contributed by atoms with E-state index in [-0.39, 0.29) is 11.9 Å². The number of hydrogen-bond donors (Lipinski definition) is 2. The van der Waals surface area contributed by atoms with Gasteiger partial charge in [-0.05, 0) is 37.9 Å². The number of likely N-dealkylation sites (tertiary alicyclic amines) is 1. The van der Waals surface area contributed by atoms with Crippen LogP contribution in [0.2, 0.25) is 0 Å². The summed E-state index contributed by atoms with van der Waals surface area (Å²) in [5.74, 6) is 1.43. The molecule has 1 aromatic rings. The molecule has 2 heterocycles. The molecule has 0 aromatic carbocycles. The topological polar surface area (TPSA) is 57.5 Å².